The predicted octanol–water partition coefficient (Wildman–Crippen LogP) is 3.50. The van der Waals surface area contributed by atoms with Gasteiger partial charge in [-0.05, 0) is 41.5 Å². The van der Waals surface area contributed by atoms with Crippen LogP contribution in [-0.2, 0) is 16.1 Å². The molecule has 0 saturated heterocycles. The van der Waals surface area contributed by atoms with E-state index in [0.29, 0.717) is 21.8 Å². The highest BCUT2D eigenvalue weighted by Gasteiger charge is 2.13. The van der Waals surface area contributed by atoms with Crippen LogP contribution in [-0.4, -0.2) is 34.9 Å². The molecule has 3 aromatic rings. The highest BCUT2D eigenvalue weighted by atomic mass is 35.5. The zero-order chi connectivity index (χ0) is 22.9. The van der Waals surface area contributed by atoms with Crippen molar-refractivity contribution in [2.75, 3.05) is 12.4 Å². The summed E-state index contributed by atoms with van der Waals surface area (Å²) < 4.78 is 4.78. The Morgan fingerprint density at radius 3 is 2.66 bits per heavy atom. The highest BCUT2D eigenvalue weighted by molar-refractivity contribution is 6.32. The van der Waals surface area contributed by atoms with E-state index in [1.807, 2.05) is 6.07 Å². The van der Waals surface area contributed by atoms with E-state index in [2.05, 4.69) is 20.6 Å². The molecule has 0 aliphatic rings. The van der Waals surface area contributed by atoms with Gasteiger partial charge in [-0.3, -0.25) is 14.6 Å². The van der Waals surface area contributed by atoms with Crippen LogP contribution in [0.5, 0.6) is 0 Å². The molecule has 3 rings (SSSR count). The van der Waals surface area contributed by atoms with E-state index < -0.39 is 11.9 Å². The van der Waals surface area contributed by atoms with Crippen LogP contribution in [0.25, 0.3) is 6.08 Å². The van der Waals surface area contributed by atoms with Gasteiger partial charge >= 0.3 is 5.97 Å². The minimum absolute atomic E-state index is 0.116. The molecule has 0 aliphatic carbocycles. The van der Waals surface area contributed by atoms with Gasteiger partial charge in [0, 0.05) is 35.7 Å². The first-order valence-electron chi connectivity index (χ1n) is 9.46. The second kappa shape index (κ2) is 10.8. The molecule has 162 valence electrons. The number of hydrogen-bond acceptors (Lipinski definition) is 6. The first kappa shape index (κ1) is 22.6. The van der Waals surface area contributed by atoms with Crippen molar-refractivity contribution in [3.05, 3.63) is 94.5 Å². The molecule has 8 nitrogen and oxygen atoms in total. The maximum atomic E-state index is 12.4. The number of carbonyl (C=O) groups is 3. The fourth-order valence-corrected chi connectivity index (χ4v) is 2.94. The van der Waals surface area contributed by atoms with Gasteiger partial charge in [0.2, 0.25) is 5.91 Å². The van der Waals surface area contributed by atoms with Crippen molar-refractivity contribution in [2.45, 2.75) is 6.54 Å². The predicted molar refractivity (Wildman–Crippen MR) is 120 cm³/mol. The number of nitrogens with zero attached hydrogens (tertiary/aromatic N) is 2. The van der Waals surface area contributed by atoms with Crippen molar-refractivity contribution in [1.82, 2.24) is 15.3 Å². The molecule has 2 aromatic carbocycles. The zero-order valence-corrected chi connectivity index (χ0v) is 17.8. The average molecular weight is 451 g/mol. The number of benzene rings is 2. The van der Waals surface area contributed by atoms with E-state index in [4.69, 9.17) is 16.3 Å². The zero-order valence-electron chi connectivity index (χ0n) is 17.0. The van der Waals surface area contributed by atoms with Crippen LogP contribution >= 0.6 is 11.6 Å². The van der Waals surface area contributed by atoms with Crippen LogP contribution < -0.4 is 10.6 Å². The van der Waals surface area contributed by atoms with Crippen molar-refractivity contribution in [3.63, 3.8) is 0 Å². The number of esters is 1. The van der Waals surface area contributed by atoms with Gasteiger partial charge in [0.05, 0.1) is 18.9 Å². The van der Waals surface area contributed by atoms with Gasteiger partial charge in [-0.2, -0.15) is 0 Å². The van der Waals surface area contributed by atoms with Crippen LogP contribution in [0.15, 0.2) is 67.1 Å². The maximum absolute atomic E-state index is 12.4. The van der Waals surface area contributed by atoms with Gasteiger partial charge in [-0.15, -0.1) is 0 Å². The maximum Gasteiger partial charge on any atom is 0.337 e. The largest absolute Gasteiger partial charge is 0.465 e. The van der Waals surface area contributed by atoms with Gasteiger partial charge in [-0.25, -0.2) is 9.78 Å². The van der Waals surface area contributed by atoms with Crippen LogP contribution in [0.1, 0.15) is 32.0 Å². The Hall–Kier alpha value is -4.04. The molecule has 2 amide bonds. The first-order valence-corrected chi connectivity index (χ1v) is 9.84. The van der Waals surface area contributed by atoms with Crippen LogP contribution in [0.3, 0.4) is 0 Å². The number of carbonyl (C=O) groups excluding carboxylic acids is 3. The standard InChI is InChI=1S/C23H19ClN4O4/c1-32-23(31)17-10-15(11-18(12-17)28-22(30)20-14-25-8-9-26-20)13-27-21(29)7-6-16-4-2-3-5-19(16)24/h2-12,14H,13H2,1H3,(H,27,29)(H,28,30). The second-order valence-electron chi connectivity index (χ2n) is 6.53. The highest BCUT2D eigenvalue weighted by Crippen LogP contribution is 2.18. The molecule has 0 unspecified atom stereocenters. The summed E-state index contributed by atoms with van der Waals surface area (Å²) in [6.07, 6.45) is 7.15. The number of anilines is 1. The summed E-state index contributed by atoms with van der Waals surface area (Å²) in [5.41, 5.74) is 1.99. The van der Waals surface area contributed by atoms with Gasteiger partial charge < -0.3 is 15.4 Å². The topological polar surface area (TPSA) is 110 Å². The molecule has 0 fully saturated rings. The fourth-order valence-electron chi connectivity index (χ4n) is 2.74. The van der Waals surface area contributed by atoms with Crippen molar-refractivity contribution in [2.24, 2.45) is 0 Å². The molecule has 0 aliphatic heterocycles. The summed E-state index contributed by atoms with van der Waals surface area (Å²) in [6, 6.07) is 11.8. The van der Waals surface area contributed by atoms with Gasteiger partial charge in [-0.1, -0.05) is 29.8 Å². The normalized spacial score (nSPS) is 10.6. The summed E-state index contributed by atoms with van der Waals surface area (Å²) in [5, 5.41) is 5.93. The van der Waals surface area contributed by atoms with Gasteiger partial charge in [0.15, 0.2) is 0 Å². The van der Waals surface area contributed by atoms with Crippen molar-refractivity contribution in [3.8, 4) is 0 Å². The number of halogens is 1. The number of aromatic nitrogens is 2. The van der Waals surface area contributed by atoms with E-state index >= 15 is 0 Å². The molecule has 0 bridgehead atoms. The van der Waals surface area contributed by atoms with E-state index in [0.717, 1.165) is 0 Å². The Labute approximate surface area is 189 Å². The summed E-state index contributed by atoms with van der Waals surface area (Å²) in [4.78, 5) is 44.4. The lowest BCUT2D eigenvalue weighted by Crippen LogP contribution is -2.21. The molecular weight excluding hydrogens is 432 g/mol. The number of amides is 2. The van der Waals surface area contributed by atoms with Crippen LogP contribution in [0.4, 0.5) is 5.69 Å². The monoisotopic (exact) mass is 450 g/mol. The van der Waals surface area contributed by atoms with Gasteiger partial charge in [0.1, 0.15) is 5.69 Å². The van der Waals surface area contributed by atoms with Crippen LogP contribution in [0, 0.1) is 0 Å². The van der Waals surface area contributed by atoms with E-state index in [1.165, 1.54) is 37.8 Å². The minimum atomic E-state index is -0.577. The Kier molecular flexibility index (Phi) is 7.66. The summed E-state index contributed by atoms with van der Waals surface area (Å²) in [6.45, 7) is 0.116. The molecule has 1 aromatic heterocycles. The molecule has 0 radical (unpaired) electrons. The van der Waals surface area contributed by atoms with Crippen molar-refractivity contribution >= 4 is 41.1 Å². The molecule has 2 N–H and O–H groups in total. The summed E-state index contributed by atoms with van der Waals surface area (Å²) in [7, 11) is 1.26. The van der Waals surface area contributed by atoms with Crippen molar-refractivity contribution < 1.29 is 19.1 Å². The number of methoxy groups -OCH3 is 1. The summed E-state index contributed by atoms with van der Waals surface area (Å²) >= 11 is 6.08. The molecule has 9 heteroatoms. The number of nitrogens with one attached hydrogen (secondary N) is 2. The Morgan fingerprint density at radius 2 is 1.94 bits per heavy atom. The molecule has 32 heavy (non-hydrogen) atoms. The fraction of sp³-hybridized carbons (Fsp3) is 0.0870. The number of hydrogen-bond donors (Lipinski definition) is 2. The smallest absolute Gasteiger partial charge is 0.337 e. The lowest BCUT2D eigenvalue weighted by Gasteiger charge is -2.10. The first-order chi connectivity index (χ1) is 15.5. The molecule has 0 spiro atoms. The lowest BCUT2D eigenvalue weighted by molar-refractivity contribution is -0.116. The molecule has 0 atom stereocenters. The minimum Gasteiger partial charge on any atom is -0.465 e. The number of ether oxygens (including phenoxy) is 1. The quantitative estimate of drug-likeness (QED) is 0.421. The van der Waals surface area contributed by atoms with Gasteiger partial charge in [0.25, 0.3) is 5.91 Å². The second-order valence-corrected chi connectivity index (χ2v) is 6.93. The Balaban J connectivity index is 1.73. The third kappa shape index (κ3) is 6.23. The Bertz CT molecular complexity index is 1170. The van der Waals surface area contributed by atoms with E-state index in [9.17, 15) is 14.4 Å². The number of rotatable bonds is 7. The molecule has 1 heterocycles. The SMILES string of the molecule is COC(=O)c1cc(CNC(=O)C=Cc2ccccc2Cl)cc(NC(=O)c2cnccn2)c1. The Morgan fingerprint density at radius 1 is 1.12 bits per heavy atom. The lowest BCUT2D eigenvalue weighted by atomic mass is 10.1. The van der Waals surface area contributed by atoms with E-state index in [1.54, 1.807) is 36.4 Å². The molecule has 0 saturated carbocycles. The third-order valence-corrected chi connectivity index (χ3v) is 4.60. The molecular formula is C23H19ClN4O4. The third-order valence-electron chi connectivity index (χ3n) is 4.25. The summed E-state index contributed by atoms with van der Waals surface area (Å²) in [5.74, 6) is -1.41. The van der Waals surface area contributed by atoms with Crippen LogP contribution in [0.2, 0.25) is 5.02 Å². The average Bonchev–Trinajstić information content (AvgIpc) is 2.82. The van der Waals surface area contributed by atoms with E-state index in [-0.39, 0.29) is 23.7 Å². The van der Waals surface area contributed by atoms with Crippen molar-refractivity contribution in [1.29, 1.82) is 0 Å².